The van der Waals surface area contributed by atoms with Crippen LogP contribution in [-0.2, 0) is 11.3 Å². The second kappa shape index (κ2) is 16.0. The summed E-state index contributed by atoms with van der Waals surface area (Å²) in [5, 5.41) is 4.66. The molecule has 2 aromatic carbocycles. The summed E-state index contributed by atoms with van der Waals surface area (Å²) in [6.07, 6.45) is 10.3. The van der Waals surface area contributed by atoms with E-state index in [4.69, 9.17) is 14.0 Å². The van der Waals surface area contributed by atoms with Crippen LogP contribution >= 0.6 is 0 Å². The number of fused-ring (bicyclic) bond motifs is 1. The molecule has 0 saturated carbocycles. The van der Waals surface area contributed by atoms with Gasteiger partial charge in [0.25, 0.3) is 0 Å². The fourth-order valence-electron chi connectivity index (χ4n) is 4.55. The first-order valence-corrected chi connectivity index (χ1v) is 14.2. The maximum Gasteiger partial charge on any atom is 0.197 e. The third-order valence-corrected chi connectivity index (χ3v) is 6.74. The van der Waals surface area contributed by atoms with Crippen molar-refractivity contribution >= 4 is 23.0 Å². The van der Waals surface area contributed by atoms with Crippen LogP contribution in [0.3, 0.4) is 0 Å². The van der Waals surface area contributed by atoms with Crippen molar-refractivity contribution < 1.29 is 18.8 Å². The molecule has 206 valence electrons. The van der Waals surface area contributed by atoms with Gasteiger partial charge >= 0.3 is 0 Å². The van der Waals surface area contributed by atoms with Crippen LogP contribution in [0, 0.1) is 0 Å². The highest BCUT2D eigenvalue weighted by molar-refractivity contribution is 6.17. The van der Waals surface area contributed by atoms with Crippen molar-refractivity contribution in [2.75, 3.05) is 33.4 Å². The van der Waals surface area contributed by atoms with Gasteiger partial charge in [0, 0.05) is 23.9 Å². The molecule has 0 aliphatic heterocycles. The van der Waals surface area contributed by atoms with Crippen LogP contribution in [0.5, 0.6) is 5.75 Å². The number of hydrogen-bond donors (Lipinski definition) is 0. The number of aryl methyl sites for hydroxylation is 1. The van der Waals surface area contributed by atoms with E-state index in [1.807, 2.05) is 42.5 Å². The Morgan fingerprint density at radius 2 is 1.61 bits per heavy atom. The number of nitrogens with zero attached hydrogens (tertiary/aromatic N) is 2. The molecule has 3 rings (SSSR count). The number of rotatable bonds is 18. The van der Waals surface area contributed by atoms with Gasteiger partial charge in [0.15, 0.2) is 5.78 Å². The molecule has 1 aromatic heterocycles. The van der Waals surface area contributed by atoms with Gasteiger partial charge in [-0.05, 0) is 86.8 Å². The minimum Gasteiger partial charge on any atom is -0.494 e. The fraction of sp³-hybridized carbons (Fsp3) is 0.500. The predicted octanol–water partition coefficient (Wildman–Crippen LogP) is 7.66. The largest absolute Gasteiger partial charge is 0.494 e. The highest BCUT2D eigenvalue weighted by Gasteiger charge is 2.22. The van der Waals surface area contributed by atoms with Gasteiger partial charge in [0.1, 0.15) is 24.2 Å². The zero-order chi connectivity index (χ0) is 27.2. The van der Waals surface area contributed by atoms with E-state index in [1.165, 1.54) is 32.8 Å². The van der Waals surface area contributed by atoms with Crippen LogP contribution in [0.4, 0.5) is 0 Å². The molecule has 0 spiro atoms. The van der Waals surface area contributed by atoms with Crippen LogP contribution in [-0.4, -0.2) is 50.2 Å². The zero-order valence-corrected chi connectivity index (χ0v) is 23.6. The lowest BCUT2D eigenvalue weighted by atomic mass is 9.97. The van der Waals surface area contributed by atoms with E-state index in [9.17, 15) is 4.79 Å². The Labute approximate surface area is 228 Å². The minimum atomic E-state index is -0.0373. The molecule has 3 aromatic rings. The highest BCUT2D eigenvalue weighted by Crippen LogP contribution is 2.30. The van der Waals surface area contributed by atoms with Gasteiger partial charge in [0.05, 0.1) is 18.4 Å². The van der Waals surface area contributed by atoms with Crippen molar-refractivity contribution in [1.29, 1.82) is 0 Å². The molecule has 0 amide bonds. The molecule has 0 atom stereocenters. The Bertz CT molecular complexity index is 1140. The molecular weight excluding hydrogens is 476 g/mol. The van der Waals surface area contributed by atoms with Crippen molar-refractivity contribution in [3.05, 3.63) is 64.9 Å². The summed E-state index contributed by atoms with van der Waals surface area (Å²) in [4.78, 5) is 21.1. The molecule has 0 aliphatic carbocycles. The van der Waals surface area contributed by atoms with E-state index in [0.29, 0.717) is 23.3 Å². The topological polar surface area (TPSA) is 64.3 Å². The van der Waals surface area contributed by atoms with Crippen LogP contribution in [0.15, 0.2) is 52.0 Å². The second-order valence-corrected chi connectivity index (χ2v) is 9.78. The van der Waals surface area contributed by atoms with Crippen molar-refractivity contribution in [2.45, 2.75) is 72.1 Å². The molecule has 0 saturated heterocycles. The zero-order valence-electron chi connectivity index (χ0n) is 23.6. The molecule has 0 N–H and O–H groups in total. The standard InChI is InChI=1S/C32H44N2O4/c1-5-8-12-30-31(28-23-25(24-33-36-4)13-18-29(28)38-30)32(35)26-14-16-27(17-15-26)37-22-11-21-34(19-9-6-2)20-10-7-3/h13-18,23-24H,5-12,19-22H2,1-4H3/b33-24+. The maximum absolute atomic E-state index is 13.7. The third kappa shape index (κ3) is 8.45. The summed E-state index contributed by atoms with van der Waals surface area (Å²) in [5.74, 6) is 1.49. The van der Waals surface area contributed by atoms with E-state index in [0.717, 1.165) is 67.8 Å². The number of carbonyl (C=O) groups excluding carboxylic acids is 1. The van der Waals surface area contributed by atoms with E-state index in [2.05, 4.69) is 30.8 Å². The molecule has 38 heavy (non-hydrogen) atoms. The summed E-state index contributed by atoms with van der Waals surface area (Å²) in [6, 6.07) is 13.2. The number of ether oxygens (including phenoxy) is 1. The first-order valence-electron chi connectivity index (χ1n) is 14.2. The number of carbonyl (C=O) groups is 1. The first kappa shape index (κ1) is 29.4. The van der Waals surface area contributed by atoms with Crippen molar-refractivity contribution in [2.24, 2.45) is 5.16 Å². The Balaban J connectivity index is 1.69. The third-order valence-electron chi connectivity index (χ3n) is 6.74. The lowest BCUT2D eigenvalue weighted by Gasteiger charge is -2.21. The summed E-state index contributed by atoms with van der Waals surface area (Å²) in [6.45, 7) is 10.7. The average Bonchev–Trinajstić information content (AvgIpc) is 3.31. The van der Waals surface area contributed by atoms with Gasteiger partial charge in [-0.25, -0.2) is 0 Å². The SMILES string of the molecule is CCCCc1oc2ccc(/C=N/OC)cc2c1C(=O)c1ccc(OCCCN(CCCC)CCCC)cc1. The molecule has 0 unspecified atom stereocenters. The number of oxime groups is 1. The van der Waals surface area contributed by atoms with Crippen LogP contribution in [0.1, 0.15) is 93.0 Å². The number of hydrogen-bond acceptors (Lipinski definition) is 6. The van der Waals surface area contributed by atoms with E-state index < -0.39 is 0 Å². The smallest absolute Gasteiger partial charge is 0.197 e. The summed E-state index contributed by atoms with van der Waals surface area (Å²) in [5.41, 5.74) is 2.82. The van der Waals surface area contributed by atoms with Gasteiger partial charge in [-0.15, -0.1) is 0 Å². The molecule has 0 fully saturated rings. The fourth-order valence-corrected chi connectivity index (χ4v) is 4.55. The van der Waals surface area contributed by atoms with Crippen LogP contribution in [0.2, 0.25) is 0 Å². The average molecular weight is 521 g/mol. The Hall–Kier alpha value is -3.12. The quantitative estimate of drug-likeness (QED) is 0.0746. The molecule has 6 heteroatoms. The number of furan rings is 1. The lowest BCUT2D eigenvalue weighted by molar-refractivity contribution is 0.103. The maximum atomic E-state index is 13.7. The van der Waals surface area contributed by atoms with E-state index >= 15 is 0 Å². The molecule has 0 radical (unpaired) electrons. The van der Waals surface area contributed by atoms with E-state index in [-0.39, 0.29) is 5.78 Å². The second-order valence-electron chi connectivity index (χ2n) is 9.78. The van der Waals surface area contributed by atoms with Gasteiger partial charge in [-0.2, -0.15) is 0 Å². The van der Waals surface area contributed by atoms with Gasteiger partial charge in [-0.1, -0.05) is 45.2 Å². The lowest BCUT2D eigenvalue weighted by Crippen LogP contribution is -2.28. The number of ketones is 1. The number of unbranched alkanes of at least 4 members (excludes halogenated alkanes) is 3. The molecule has 1 heterocycles. The van der Waals surface area contributed by atoms with Crippen LogP contribution < -0.4 is 4.74 Å². The molecule has 6 nitrogen and oxygen atoms in total. The molecular formula is C32H44N2O4. The molecule has 0 aliphatic rings. The summed E-state index contributed by atoms with van der Waals surface area (Å²) >= 11 is 0. The van der Waals surface area contributed by atoms with Gasteiger partial charge < -0.3 is 18.9 Å². The number of benzene rings is 2. The minimum absolute atomic E-state index is 0.0373. The summed E-state index contributed by atoms with van der Waals surface area (Å²) in [7, 11) is 1.51. The van der Waals surface area contributed by atoms with Crippen LogP contribution in [0.25, 0.3) is 11.0 Å². The highest BCUT2D eigenvalue weighted by atomic mass is 16.6. The summed E-state index contributed by atoms with van der Waals surface area (Å²) < 4.78 is 12.1. The van der Waals surface area contributed by atoms with Crippen molar-refractivity contribution in [3.8, 4) is 5.75 Å². The Kier molecular flexibility index (Phi) is 12.4. The predicted molar refractivity (Wildman–Crippen MR) is 156 cm³/mol. The Morgan fingerprint density at radius 1 is 0.921 bits per heavy atom. The normalized spacial score (nSPS) is 11.6. The Morgan fingerprint density at radius 3 is 2.26 bits per heavy atom. The van der Waals surface area contributed by atoms with Crippen molar-refractivity contribution in [3.63, 3.8) is 0 Å². The van der Waals surface area contributed by atoms with Gasteiger partial charge in [0.2, 0.25) is 0 Å². The first-order chi connectivity index (χ1) is 18.6. The monoisotopic (exact) mass is 520 g/mol. The molecule has 0 bridgehead atoms. The van der Waals surface area contributed by atoms with E-state index in [1.54, 1.807) is 6.21 Å². The van der Waals surface area contributed by atoms with Crippen molar-refractivity contribution in [1.82, 2.24) is 4.90 Å². The van der Waals surface area contributed by atoms with Gasteiger partial charge in [-0.3, -0.25) is 4.79 Å².